The fraction of sp³-hybridized carbons (Fsp3) is 0.895. The number of hydrogen-bond donors (Lipinski definition) is 2. The van der Waals surface area contributed by atoms with E-state index in [0.717, 1.165) is 37.0 Å². The Balaban J connectivity index is 1.66. The van der Waals surface area contributed by atoms with Gasteiger partial charge < -0.3 is 10.2 Å². The second-order valence-electron chi connectivity index (χ2n) is 8.86. The molecular formula is C19H30O2. The maximum Gasteiger partial charge on any atom is 0.0886 e. The molecule has 2 N–H and O–H groups in total. The average molecular weight is 290 g/mol. The summed E-state index contributed by atoms with van der Waals surface area (Å²) < 4.78 is 0. The van der Waals surface area contributed by atoms with Crippen molar-refractivity contribution in [3.63, 3.8) is 0 Å². The summed E-state index contributed by atoms with van der Waals surface area (Å²) in [6.07, 6.45) is 11.4. The van der Waals surface area contributed by atoms with Crippen molar-refractivity contribution >= 4 is 0 Å². The van der Waals surface area contributed by atoms with Gasteiger partial charge in [0.2, 0.25) is 0 Å². The average Bonchev–Trinajstić information content (AvgIpc) is 2.76. The van der Waals surface area contributed by atoms with E-state index in [4.69, 9.17) is 0 Å². The highest BCUT2D eigenvalue weighted by molar-refractivity contribution is 5.15. The molecular weight excluding hydrogens is 260 g/mol. The minimum Gasteiger partial charge on any atom is -0.513 e. The third kappa shape index (κ3) is 1.81. The van der Waals surface area contributed by atoms with E-state index in [-0.39, 0.29) is 11.5 Å². The molecule has 0 amide bonds. The van der Waals surface area contributed by atoms with Crippen LogP contribution in [0.25, 0.3) is 0 Å². The highest BCUT2D eigenvalue weighted by Gasteiger charge is 2.59. The molecule has 0 heterocycles. The summed E-state index contributed by atoms with van der Waals surface area (Å²) in [7, 11) is 0. The normalized spacial score (nSPS) is 56.1. The molecule has 118 valence electrons. The molecule has 0 aromatic heterocycles. The van der Waals surface area contributed by atoms with Crippen LogP contribution in [0.4, 0.5) is 0 Å². The van der Waals surface area contributed by atoms with Gasteiger partial charge in [-0.1, -0.05) is 13.8 Å². The molecule has 0 aromatic rings. The van der Waals surface area contributed by atoms with Crippen LogP contribution in [0.15, 0.2) is 11.8 Å². The van der Waals surface area contributed by atoms with Crippen molar-refractivity contribution < 1.29 is 10.2 Å². The van der Waals surface area contributed by atoms with E-state index in [0.29, 0.717) is 17.1 Å². The highest BCUT2D eigenvalue weighted by atomic mass is 16.3. The van der Waals surface area contributed by atoms with Crippen molar-refractivity contribution in [1.82, 2.24) is 0 Å². The maximum atomic E-state index is 10.5. The third-order valence-electron chi connectivity index (χ3n) is 8.21. The van der Waals surface area contributed by atoms with E-state index in [1.165, 1.54) is 32.1 Å². The molecule has 4 rings (SSSR count). The molecule has 3 fully saturated rings. The fourth-order valence-corrected chi connectivity index (χ4v) is 6.82. The first-order valence-electron chi connectivity index (χ1n) is 9.03. The fourth-order valence-electron chi connectivity index (χ4n) is 6.82. The SMILES string of the molecule is C[C@]12CC[C@H]3[C@@H](CCC4C=C(O)CC[C@@]43C)[C@@H]1CC[C@@H]2O. The van der Waals surface area contributed by atoms with Crippen LogP contribution >= 0.6 is 0 Å². The van der Waals surface area contributed by atoms with Gasteiger partial charge in [-0.15, -0.1) is 0 Å². The lowest BCUT2D eigenvalue weighted by atomic mass is 9.46. The third-order valence-corrected chi connectivity index (χ3v) is 8.21. The zero-order chi connectivity index (χ0) is 14.8. The second kappa shape index (κ2) is 4.50. The monoisotopic (exact) mass is 290 g/mol. The summed E-state index contributed by atoms with van der Waals surface area (Å²) in [6.45, 7) is 4.85. The van der Waals surface area contributed by atoms with Crippen molar-refractivity contribution in [3.05, 3.63) is 11.8 Å². The van der Waals surface area contributed by atoms with Crippen molar-refractivity contribution in [2.45, 2.75) is 71.3 Å². The largest absolute Gasteiger partial charge is 0.513 e. The lowest BCUT2D eigenvalue weighted by molar-refractivity contribution is -0.106. The minimum atomic E-state index is -0.0655. The summed E-state index contributed by atoms with van der Waals surface area (Å²) in [5, 5.41) is 20.4. The predicted molar refractivity (Wildman–Crippen MR) is 83.8 cm³/mol. The Hall–Kier alpha value is -0.500. The van der Waals surface area contributed by atoms with Crippen LogP contribution in [-0.2, 0) is 0 Å². The Kier molecular flexibility index (Phi) is 3.03. The molecule has 4 aliphatic carbocycles. The zero-order valence-corrected chi connectivity index (χ0v) is 13.5. The van der Waals surface area contributed by atoms with E-state index in [9.17, 15) is 10.2 Å². The lowest BCUT2D eigenvalue weighted by Crippen LogP contribution is -2.52. The van der Waals surface area contributed by atoms with Gasteiger partial charge in [-0.3, -0.25) is 0 Å². The standard InChI is InChI=1S/C19H30O2/c1-18-9-7-13(20)11-12(18)3-4-14-15-5-6-17(21)19(15,2)10-8-16(14)18/h11-12,14-17,20-21H,3-10H2,1-2H3/t12?,14-,15-,16-,17-,18-,19-/m0/s1. The van der Waals surface area contributed by atoms with Gasteiger partial charge in [-0.25, -0.2) is 0 Å². The van der Waals surface area contributed by atoms with Gasteiger partial charge in [0.1, 0.15) is 0 Å². The number of fused-ring (bicyclic) bond motifs is 5. The quantitative estimate of drug-likeness (QED) is 0.692. The van der Waals surface area contributed by atoms with Gasteiger partial charge >= 0.3 is 0 Å². The molecule has 0 aliphatic heterocycles. The molecule has 4 aliphatic rings. The second-order valence-corrected chi connectivity index (χ2v) is 8.86. The van der Waals surface area contributed by atoms with Gasteiger partial charge in [-0.2, -0.15) is 0 Å². The molecule has 0 saturated heterocycles. The number of rotatable bonds is 0. The van der Waals surface area contributed by atoms with Crippen molar-refractivity contribution in [2.24, 2.45) is 34.5 Å². The predicted octanol–water partition coefficient (Wildman–Crippen LogP) is 4.44. The molecule has 0 radical (unpaired) electrons. The first-order chi connectivity index (χ1) is 9.95. The number of aliphatic hydroxyl groups is 2. The molecule has 3 saturated carbocycles. The van der Waals surface area contributed by atoms with E-state index < -0.39 is 0 Å². The van der Waals surface area contributed by atoms with E-state index in [1.807, 2.05) is 0 Å². The van der Waals surface area contributed by atoms with E-state index >= 15 is 0 Å². The van der Waals surface area contributed by atoms with Crippen molar-refractivity contribution in [2.75, 3.05) is 0 Å². The van der Waals surface area contributed by atoms with Gasteiger partial charge in [0, 0.05) is 6.42 Å². The Labute approximate surface area is 128 Å². The van der Waals surface area contributed by atoms with Crippen LogP contribution in [0.3, 0.4) is 0 Å². The molecule has 2 nitrogen and oxygen atoms in total. The molecule has 0 bridgehead atoms. The van der Waals surface area contributed by atoms with E-state index in [2.05, 4.69) is 19.9 Å². The summed E-state index contributed by atoms with van der Waals surface area (Å²) in [6, 6.07) is 0. The van der Waals surface area contributed by atoms with Crippen LogP contribution in [0.2, 0.25) is 0 Å². The van der Waals surface area contributed by atoms with E-state index in [1.54, 1.807) is 0 Å². The lowest BCUT2D eigenvalue weighted by Gasteiger charge is -2.59. The van der Waals surface area contributed by atoms with Crippen LogP contribution in [0, 0.1) is 34.5 Å². The minimum absolute atomic E-state index is 0.0655. The number of aliphatic hydroxyl groups excluding tert-OH is 2. The van der Waals surface area contributed by atoms with Crippen LogP contribution in [-0.4, -0.2) is 16.3 Å². The molecule has 7 atom stereocenters. The Morgan fingerprint density at radius 2 is 1.71 bits per heavy atom. The molecule has 1 unspecified atom stereocenters. The molecule has 0 spiro atoms. The van der Waals surface area contributed by atoms with Crippen LogP contribution in [0.1, 0.15) is 65.2 Å². The van der Waals surface area contributed by atoms with Crippen LogP contribution < -0.4 is 0 Å². The number of hydrogen-bond acceptors (Lipinski definition) is 2. The zero-order valence-electron chi connectivity index (χ0n) is 13.5. The molecule has 0 aromatic carbocycles. The van der Waals surface area contributed by atoms with Crippen molar-refractivity contribution in [3.8, 4) is 0 Å². The molecule has 21 heavy (non-hydrogen) atoms. The Morgan fingerprint density at radius 1 is 0.952 bits per heavy atom. The first kappa shape index (κ1) is 14.1. The van der Waals surface area contributed by atoms with Gasteiger partial charge in [-0.05, 0) is 85.5 Å². The first-order valence-corrected chi connectivity index (χ1v) is 9.03. The molecule has 2 heteroatoms. The Bertz CT molecular complexity index is 470. The van der Waals surface area contributed by atoms with Gasteiger partial charge in [0.05, 0.1) is 11.9 Å². The van der Waals surface area contributed by atoms with Crippen molar-refractivity contribution in [1.29, 1.82) is 0 Å². The summed E-state index contributed by atoms with van der Waals surface area (Å²) in [5.41, 5.74) is 0.584. The topological polar surface area (TPSA) is 40.5 Å². The van der Waals surface area contributed by atoms with Crippen LogP contribution in [0.5, 0.6) is 0 Å². The van der Waals surface area contributed by atoms with Gasteiger partial charge in [0.15, 0.2) is 0 Å². The number of allylic oxidation sites excluding steroid dienone is 2. The summed E-state index contributed by atoms with van der Waals surface area (Å²) in [4.78, 5) is 0. The summed E-state index contributed by atoms with van der Waals surface area (Å²) >= 11 is 0. The summed E-state index contributed by atoms with van der Waals surface area (Å²) in [5.74, 6) is 3.58. The highest BCUT2D eigenvalue weighted by Crippen LogP contribution is 2.65. The smallest absolute Gasteiger partial charge is 0.0886 e. The maximum absolute atomic E-state index is 10.5. The Morgan fingerprint density at radius 3 is 2.52 bits per heavy atom. The van der Waals surface area contributed by atoms with Gasteiger partial charge in [0.25, 0.3) is 0 Å².